The lowest BCUT2D eigenvalue weighted by atomic mass is 9.92. The Hall–Kier alpha value is -2.01. The number of aliphatic imine (C=N–C) groups is 1. The van der Waals surface area contributed by atoms with E-state index in [0.717, 1.165) is 44.4 Å². The molecule has 1 aliphatic heterocycles. The molecule has 3 aliphatic rings. The van der Waals surface area contributed by atoms with Crippen molar-refractivity contribution < 1.29 is 0 Å². The molecule has 1 heterocycles. The van der Waals surface area contributed by atoms with Crippen LogP contribution in [0.2, 0.25) is 0 Å². The third kappa shape index (κ3) is 2.14. The molecule has 2 saturated carbocycles. The minimum Gasteiger partial charge on any atom is -0.362 e. The topological polar surface area (TPSA) is 84.0 Å². The Labute approximate surface area is 119 Å². The van der Waals surface area contributed by atoms with E-state index in [1.165, 1.54) is 12.8 Å². The van der Waals surface area contributed by atoms with Crippen LogP contribution in [0.4, 0.5) is 0 Å². The van der Waals surface area contributed by atoms with Crippen molar-refractivity contribution in [2.24, 2.45) is 4.99 Å². The van der Waals surface area contributed by atoms with Gasteiger partial charge in [0.2, 0.25) is 0 Å². The fraction of sp³-hybridized carbons (Fsp3) is 0.667. The molecule has 3 rings (SSSR count). The van der Waals surface area contributed by atoms with Crippen molar-refractivity contribution in [1.82, 2.24) is 10.6 Å². The smallest absolute Gasteiger partial charge is 0.153 e. The molecule has 2 aliphatic carbocycles. The quantitative estimate of drug-likeness (QED) is 0.763. The minimum absolute atomic E-state index is 0.242. The number of allylic oxidation sites excluding steroid dienone is 2. The molecule has 0 aromatic rings. The Morgan fingerprint density at radius 2 is 1.65 bits per heavy atom. The summed E-state index contributed by atoms with van der Waals surface area (Å²) >= 11 is 0. The maximum absolute atomic E-state index is 9.21. The third-order valence-corrected chi connectivity index (χ3v) is 4.63. The average Bonchev–Trinajstić information content (AvgIpc) is 3.13. The Kier molecular flexibility index (Phi) is 3.36. The molecule has 5 nitrogen and oxygen atoms in total. The van der Waals surface area contributed by atoms with Crippen molar-refractivity contribution >= 4 is 5.84 Å². The zero-order chi connectivity index (χ0) is 14.0. The third-order valence-electron chi connectivity index (χ3n) is 4.63. The van der Waals surface area contributed by atoms with E-state index in [9.17, 15) is 10.5 Å². The van der Waals surface area contributed by atoms with E-state index in [1.54, 1.807) is 0 Å². The molecule has 0 unspecified atom stereocenters. The van der Waals surface area contributed by atoms with E-state index >= 15 is 0 Å². The van der Waals surface area contributed by atoms with Gasteiger partial charge in [-0.15, -0.1) is 0 Å². The van der Waals surface area contributed by atoms with E-state index in [4.69, 9.17) is 4.99 Å². The standard InChI is InChI=1S/C15H19N5/c16-9-12-13(10-17)20-15(7-3-4-8-15)14(19-12)18-11-5-1-2-6-11/h11,20H,1-8H2,(H,18,19). The molecule has 2 N–H and O–H groups in total. The Morgan fingerprint density at radius 1 is 1.00 bits per heavy atom. The maximum Gasteiger partial charge on any atom is 0.153 e. The van der Waals surface area contributed by atoms with Gasteiger partial charge in [-0.2, -0.15) is 10.5 Å². The zero-order valence-electron chi connectivity index (χ0n) is 11.6. The minimum atomic E-state index is -0.242. The molecule has 1 spiro atoms. The van der Waals surface area contributed by atoms with Crippen LogP contribution in [-0.2, 0) is 0 Å². The van der Waals surface area contributed by atoms with Crippen molar-refractivity contribution in [3.05, 3.63) is 11.4 Å². The second-order valence-corrected chi connectivity index (χ2v) is 5.93. The van der Waals surface area contributed by atoms with Gasteiger partial charge in [0.15, 0.2) is 5.70 Å². The molecule has 0 bridgehead atoms. The molecule has 2 fully saturated rings. The fourth-order valence-electron chi connectivity index (χ4n) is 3.54. The zero-order valence-corrected chi connectivity index (χ0v) is 11.6. The molecule has 104 valence electrons. The number of rotatable bonds is 1. The van der Waals surface area contributed by atoms with E-state index in [0.29, 0.717) is 17.4 Å². The van der Waals surface area contributed by atoms with Gasteiger partial charge in [-0.25, -0.2) is 0 Å². The summed E-state index contributed by atoms with van der Waals surface area (Å²) in [4.78, 5) is 4.89. The number of amidine groups is 1. The van der Waals surface area contributed by atoms with Gasteiger partial charge < -0.3 is 10.6 Å². The molecular weight excluding hydrogens is 250 g/mol. The van der Waals surface area contributed by atoms with Crippen LogP contribution in [0.25, 0.3) is 0 Å². The lowest BCUT2D eigenvalue weighted by molar-refractivity contribution is 0.463. The van der Waals surface area contributed by atoms with Crippen LogP contribution in [0.15, 0.2) is 16.4 Å². The van der Waals surface area contributed by atoms with Gasteiger partial charge in [-0.3, -0.25) is 4.99 Å². The van der Waals surface area contributed by atoms with Crippen molar-refractivity contribution in [3.8, 4) is 12.1 Å². The summed E-state index contributed by atoms with van der Waals surface area (Å²) in [5.74, 6) is 0.887. The van der Waals surface area contributed by atoms with E-state index in [2.05, 4.69) is 22.8 Å². The second-order valence-electron chi connectivity index (χ2n) is 5.93. The number of nitriles is 2. The number of hydrogen-bond acceptors (Lipinski definition) is 4. The highest BCUT2D eigenvalue weighted by molar-refractivity contribution is 5.95. The van der Waals surface area contributed by atoms with Gasteiger partial charge in [0, 0.05) is 0 Å². The van der Waals surface area contributed by atoms with Gasteiger partial charge in [-0.05, 0) is 25.7 Å². The molecule has 5 heteroatoms. The lowest BCUT2D eigenvalue weighted by Crippen LogP contribution is -2.58. The molecule has 0 aromatic heterocycles. The number of nitrogens with zero attached hydrogens (tertiary/aromatic N) is 3. The SMILES string of the molecule is N#CC1=C(C#N)NC2(CCCC2)C(=NC2CCCC2)N1. The first kappa shape index (κ1) is 13.0. The molecule has 0 aromatic carbocycles. The summed E-state index contributed by atoms with van der Waals surface area (Å²) < 4.78 is 0. The lowest BCUT2D eigenvalue weighted by Gasteiger charge is -2.37. The summed E-state index contributed by atoms with van der Waals surface area (Å²) in [6.07, 6.45) is 9.00. The van der Waals surface area contributed by atoms with E-state index in [1.807, 2.05) is 0 Å². The number of nitrogens with one attached hydrogen (secondary N) is 2. The van der Waals surface area contributed by atoms with E-state index in [-0.39, 0.29) is 5.54 Å². The van der Waals surface area contributed by atoms with Crippen LogP contribution in [0.3, 0.4) is 0 Å². The summed E-state index contributed by atoms with van der Waals surface area (Å²) in [5.41, 5.74) is 0.426. The molecule has 20 heavy (non-hydrogen) atoms. The van der Waals surface area contributed by atoms with Gasteiger partial charge in [-0.1, -0.05) is 25.7 Å². The monoisotopic (exact) mass is 269 g/mol. The van der Waals surface area contributed by atoms with Crippen molar-refractivity contribution in [3.63, 3.8) is 0 Å². The highest BCUT2D eigenvalue weighted by Crippen LogP contribution is 2.35. The van der Waals surface area contributed by atoms with Crippen molar-refractivity contribution in [1.29, 1.82) is 10.5 Å². The summed E-state index contributed by atoms with van der Waals surface area (Å²) in [6.45, 7) is 0. The highest BCUT2D eigenvalue weighted by Gasteiger charge is 2.43. The Balaban J connectivity index is 1.96. The fourth-order valence-corrected chi connectivity index (χ4v) is 3.54. The highest BCUT2D eigenvalue weighted by atomic mass is 15.2. The largest absolute Gasteiger partial charge is 0.362 e. The second kappa shape index (κ2) is 5.17. The predicted octanol–water partition coefficient (Wildman–Crippen LogP) is 2.09. The van der Waals surface area contributed by atoms with Crippen LogP contribution in [0, 0.1) is 22.7 Å². The predicted molar refractivity (Wildman–Crippen MR) is 75.4 cm³/mol. The number of hydrogen-bond donors (Lipinski definition) is 2. The first-order valence-corrected chi connectivity index (χ1v) is 7.45. The summed E-state index contributed by atoms with van der Waals surface area (Å²) in [6, 6.07) is 4.54. The van der Waals surface area contributed by atoms with Crippen LogP contribution in [0.5, 0.6) is 0 Å². The summed E-state index contributed by atoms with van der Waals surface area (Å²) in [5, 5.41) is 24.8. The first-order valence-electron chi connectivity index (χ1n) is 7.45. The molecular formula is C15H19N5. The van der Waals surface area contributed by atoms with Gasteiger partial charge in [0.25, 0.3) is 0 Å². The average molecular weight is 269 g/mol. The normalized spacial score (nSPS) is 27.2. The van der Waals surface area contributed by atoms with Gasteiger partial charge in [0.05, 0.1) is 11.6 Å². The molecule has 0 atom stereocenters. The Bertz CT molecular complexity index is 534. The van der Waals surface area contributed by atoms with Crippen molar-refractivity contribution in [2.75, 3.05) is 0 Å². The summed E-state index contributed by atoms with van der Waals surface area (Å²) in [7, 11) is 0. The Morgan fingerprint density at radius 3 is 2.25 bits per heavy atom. The van der Waals surface area contributed by atoms with Crippen LogP contribution < -0.4 is 10.6 Å². The van der Waals surface area contributed by atoms with Crippen LogP contribution in [0.1, 0.15) is 51.4 Å². The van der Waals surface area contributed by atoms with Gasteiger partial charge >= 0.3 is 0 Å². The molecule has 0 radical (unpaired) electrons. The molecule has 0 amide bonds. The van der Waals surface area contributed by atoms with Gasteiger partial charge in [0.1, 0.15) is 23.7 Å². The first-order chi connectivity index (χ1) is 9.77. The van der Waals surface area contributed by atoms with Crippen LogP contribution in [-0.4, -0.2) is 17.4 Å². The van der Waals surface area contributed by atoms with Crippen molar-refractivity contribution in [2.45, 2.75) is 62.9 Å². The molecule has 0 saturated heterocycles. The van der Waals surface area contributed by atoms with Crippen LogP contribution >= 0.6 is 0 Å². The van der Waals surface area contributed by atoms with E-state index < -0.39 is 0 Å². The maximum atomic E-state index is 9.21.